The molecule has 1 aliphatic rings. The smallest absolute Gasteiger partial charge is 0.163 e. The summed E-state index contributed by atoms with van der Waals surface area (Å²) in [5.74, 6) is 3.23. The van der Waals surface area contributed by atoms with Crippen LogP contribution in [0.25, 0.3) is 11.0 Å². The van der Waals surface area contributed by atoms with Crippen molar-refractivity contribution >= 4 is 16.7 Å². The van der Waals surface area contributed by atoms with Crippen LogP contribution < -0.4 is 19.9 Å². The predicted molar refractivity (Wildman–Crippen MR) is 91.8 cm³/mol. The van der Waals surface area contributed by atoms with Gasteiger partial charge in [0.05, 0.1) is 17.6 Å². The van der Waals surface area contributed by atoms with E-state index in [9.17, 15) is 0 Å². The number of hydrogen-bond donors (Lipinski definition) is 1. The molecule has 0 amide bonds. The van der Waals surface area contributed by atoms with Crippen molar-refractivity contribution in [1.29, 1.82) is 0 Å². The van der Waals surface area contributed by atoms with E-state index in [1.54, 1.807) is 0 Å². The van der Waals surface area contributed by atoms with Crippen LogP contribution in [-0.4, -0.2) is 29.4 Å². The van der Waals surface area contributed by atoms with Crippen molar-refractivity contribution in [3.8, 4) is 17.2 Å². The lowest BCUT2D eigenvalue weighted by Gasteiger charge is -2.18. The minimum absolute atomic E-state index is 0.532. The van der Waals surface area contributed by atoms with Gasteiger partial charge in [-0.25, -0.2) is 4.98 Å². The second-order valence-corrected chi connectivity index (χ2v) is 5.72. The predicted octanol–water partition coefficient (Wildman–Crippen LogP) is 2.78. The third-order valence-electron chi connectivity index (χ3n) is 4.04. The Morgan fingerprint density at radius 1 is 1.17 bits per heavy atom. The van der Waals surface area contributed by atoms with Gasteiger partial charge in [-0.2, -0.15) is 0 Å². The third kappa shape index (κ3) is 2.71. The van der Waals surface area contributed by atoms with Crippen LogP contribution >= 0.6 is 0 Å². The SMILES string of the molecule is Cc1nc2cc3c(cc2n1CCOc1cccc(N)c1)OCCO3. The highest BCUT2D eigenvalue weighted by Crippen LogP contribution is 2.34. The summed E-state index contributed by atoms with van der Waals surface area (Å²) < 4.78 is 19.2. The van der Waals surface area contributed by atoms with Crippen molar-refractivity contribution in [3.05, 3.63) is 42.2 Å². The van der Waals surface area contributed by atoms with Crippen LogP contribution in [0.1, 0.15) is 5.82 Å². The summed E-state index contributed by atoms with van der Waals surface area (Å²) in [5, 5.41) is 0. The molecule has 0 saturated heterocycles. The van der Waals surface area contributed by atoms with Crippen molar-refractivity contribution in [2.75, 3.05) is 25.6 Å². The molecule has 0 unspecified atom stereocenters. The van der Waals surface area contributed by atoms with Gasteiger partial charge in [-0.1, -0.05) is 6.07 Å². The lowest BCUT2D eigenvalue weighted by Crippen LogP contribution is -2.15. The Hall–Kier alpha value is -2.89. The highest BCUT2D eigenvalue weighted by atomic mass is 16.6. The molecule has 24 heavy (non-hydrogen) atoms. The van der Waals surface area contributed by atoms with E-state index >= 15 is 0 Å². The van der Waals surface area contributed by atoms with E-state index in [4.69, 9.17) is 19.9 Å². The molecule has 2 aromatic carbocycles. The number of nitrogens with zero attached hydrogens (tertiary/aromatic N) is 2. The number of nitrogens with two attached hydrogens (primary N) is 1. The van der Waals surface area contributed by atoms with E-state index in [0.717, 1.165) is 34.1 Å². The molecule has 6 heteroatoms. The molecule has 0 aliphatic carbocycles. The molecule has 0 radical (unpaired) electrons. The molecule has 1 aromatic heterocycles. The summed E-state index contributed by atoms with van der Waals surface area (Å²) in [6.45, 7) is 4.36. The number of fused-ring (bicyclic) bond motifs is 2. The Kier molecular flexibility index (Phi) is 3.65. The topological polar surface area (TPSA) is 71.5 Å². The summed E-state index contributed by atoms with van der Waals surface area (Å²) in [4.78, 5) is 4.61. The summed E-state index contributed by atoms with van der Waals surface area (Å²) >= 11 is 0. The largest absolute Gasteiger partial charge is 0.492 e. The van der Waals surface area contributed by atoms with Gasteiger partial charge in [0, 0.05) is 23.9 Å². The number of rotatable bonds is 4. The van der Waals surface area contributed by atoms with E-state index < -0.39 is 0 Å². The van der Waals surface area contributed by atoms with Crippen LogP contribution in [-0.2, 0) is 6.54 Å². The van der Waals surface area contributed by atoms with Crippen molar-refractivity contribution in [3.63, 3.8) is 0 Å². The maximum Gasteiger partial charge on any atom is 0.163 e. The van der Waals surface area contributed by atoms with E-state index in [2.05, 4.69) is 9.55 Å². The number of aryl methyl sites for hydroxylation is 1. The number of imidazole rings is 1. The quantitative estimate of drug-likeness (QED) is 0.747. The highest BCUT2D eigenvalue weighted by Gasteiger charge is 2.16. The van der Waals surface area contributed by atoms with Gasteiger partial charge in [-0.05, 0) is 19.1 Å². The zero-order valence-corrected chi connectivity index (χ0v) is 13.5. The van der Waals surface area contributed by atoms with E-state index in [1.807, 2.05) is 43.3 Å². The molecule has 6 nitrogen and oxygen atoms in total. The first-order chi connectivity index (χ1) is 11.7. The van der Waals surface area contributed by atoms with Gasteiger partial charge in [0.1, 0.15) is 31.4 Å². The third-order valence-corrected chi connectivity index (χ3v) is 4.04. The van der Waals surface area contributed by atoms with Gasteiger partial charge in [-0.15, -0.1) is 0 Å². The molecular formula is C18H19N3O3. The molecule has 2 heterocycles. The number of ether oxygens (including phenoxy) is 3. The molecular weight excluding hydrogens is 306 g/mol. The maximum atomic E-state index is 5.79. The molecule has 3 aromatic rings. The minimum atomic E-state index is 0.532. The fourth-order valence-electron chi connectivity index (χ4n) is 2.92. The van der Waals surface area contributed by atoms with E-state index in [0.29, 0.717) is 32.1 Å². The average Bonchev–Trinajstić information content (AvgIpc) is 2.88. The fraction of sp³-hybridized carbons (Fsp3) is 0.278. The Balaban J connectivity index is 1.56. The molecule has 124 valence electrons. The van der Waals surface area contributed by atoms with Crippen molar-refractivity contribution in [2.24, 2.45) is 0 Å². The van der Waals surface area contributed by atoms with Crippen LogP contribution in [0.4, 0.5) is 5.69 Å². The molecule has 4 rings (SSSR count). The highest BCUT2D eigenvalue weighted by molar-refractivity contribution is 5.80. The monoisotopic (exact) mass is 325 g/mol. The van der Waals surface area contributed by atoms with Crippen LogP contribution in [0, 0.1) is 6.92 Å². The van der Waals surface area contributed by atoms with Crippen molar-refractivity contribution < 1.29 is 14.2 Å². The zero-order chi connectivity index (χ0) is 16.5. The summed E-state index contributed by atoms with van der Waals surface area (Å²) in [6.07, 6.45) is 0. The molecule has 0 spiro atoms. The van der Waals surface area contributed by atoms with E-state index in [-0.39, 0.29) is 0 Å². The molecule has 1 aliphatic heterocycles. The Morgan fingerprint density at radius 3 is 2.75 bits per heavy atom. The maximum absolute atomic E-state index is 5.79. The van der Waals surface area contributed by atoms with Gasteiger partial charge >= 0.3 is 0 Å². The van der Waals surface area contributed by atoms with Gasteiger partial charge in [-0.3, -0.25) is 0 Å². The molecule has 2 N–H and O–H groups in total. The zero-order valence-electron chi connectivity index (χ0n) is 13.5. The van der Waals surface area contributed by atoms with Gasteiger partial charge < -0.3 is 24.5 Å². The van der Waals surface area contributed by atoms with E-state index in [1.165, 1.54) is 0 Å². The molecule has 0 bridgehead atoms. The second kappa shape index (κ2) is 5.96. The van der Waals surface area contributed by atoms with Crippen LogP contribution in [0.2, 0.25) is 0 Å². The first-order valence-corrected chi connectivity index (χ1v) is 7.95. The van der Waals surface area contributed by atoms with Gasteiger partial charge in [0.2, 0.25) is 0 Å². The standard InChI is InChI=1S/C18H19N3O3/c1-12-20-15-10-17-18(24-8-7-23-17)11-16(15)21(12)5-6-22-14-4-2-3-13(19)9-14/h2-4,9-11H,5-8,19H2,1H3. The average molecular weight is 325 g/mol. The van der Waals surface area contributed by atoms with Gasteiger partial charge in [0.15, 0.2) is 11.5 Å². The summed E-state index contributed by atoms with van der Waals surface area (Å²) in [5.41, 5.74) is 8.39. The minimum Gasteiger partial charge on any atom is -0.492 e. The van der Waals surface area contributed by atoms with Crippen LogP contribution in [0.3, 0.4) is 0 Å². The summed E-state index contributed by atoms with van der Waals surface area (Å²) in [7, 11) is 0. The van der Waals surface area contributed by atoms with Gasteiger partial charge in [0.25, 0.3) is 0 Å². The van der Waals surface area contributed by atoms with Crippen LogP contribution in [0.5, 0.6) is 17.2 Å². The number of aromatic nitrogens is 2. The van der Waals surface area contributed by atoms with Crippen molar-refractivity contribution in [1.82, 2.24) is 9.55 Å². The number of benzene rings is 2. The first-order valence-electron chi connectivity index (χ1n) is 7.95. The van der Waals surface area contributed by atoms with Crippen LogP contribution in [0.15, 0.2) is 36.4 Å². The number of hydrogen-bond acceptors (Lipinski definition) is 5. The Morgan fingerprint density at radius 2 is 1.96 bits per heavy atom. The Bertz CT molecular complexity index is 889. The second-order valence-electron chi connectivity index (χ2n) is 5.72. The Labute approximate surface area is 139 Å². The number of nitrogen functional groups attached to an aromatic ring is 1. The fourth-order valence-corrected chi connectivity index (χ4v) is 2.92. The first kappa shape index (κ1) is 14.7. The molecule has 0 fully saturated rings. The van der Waals surface area contributed by atoms with Crippen molar-refractivity contribution in [2.45, 2.75) is 13.5 Å². The normalized spacial score (nSPS) is 13.2. The lowest BCUT2D eigenvalue weighted by molar-refractivity contribution is 0.172. The number of anilines is 1. The molecule has 0 saturated carbocycles. The lowest BCUT2D eigenvalue weighted by atomic mass is 10.2. The molecule has 0 atom stereocenters. The summed E-state index contributed by atoms with van der Waals surface area (Å²) in [6, 6.07) is 11.4.